The summed E-state index contributed by atoms with van der Waals surface area (Å²) in [4.78, 5) is 14.0. The molecule has 0 amide bonds. The molecule has 150 valence electrons. The number of hydrogen-bond acceptors (Lipinski definition) is 6. The quantitative estimate of drug-likeness (QED) is 0.528. The van der Waals surface area contributed by atoms with Crippen LogP contribution in [0.1, 0.15) is 6.42 Å². The SMILES string of the molecule is OOCCN1CCN(CCCN2c3ccccc3Sc3ccc(Cl)cc32)CC1. The average molecular weight is 420 g/mol. The Kier molecular flexibility index (Phi) is 6.77. The maximum Gasteiger partial charge on any atom is 0.0946 e. The van der Waals surface area contributed by atoms with Crippen LogP contribution in [0.3, 0.4) is 0 Å². The van der Waals surface area contributed by atoms with Gasteiger partial charge in [-0.2, -0.15) is 0 Å². The lowest BCUT2D eigenvalue weighted by atomic mass is 10.2. The van der Waals surface area contributed by atoms with Crippen LogP contribution in [0.4, 0.5) is 11.4 Å². The van der Waals surface area contributed by atoms with E-state index in [2.05, 4.69) is 56.0 Å². The second-order valence-electron chi connectivity index (χ2n) is 7.20. The van der Waals surface area contributed by atoms with Gasteiger partial charge in [-0.3, -0.25) is 10.2 Å². The number of hydrogen-bond donors (Lipinski definition) is 1. The standard InChI is InChI=1S/C21H26ClN3O2S/c22-17-6-7-21-19(16-17)25(18-4-1-2-5-20(18)28-21)9-3-8-23-10-12-24(13-11-23)14-15-27-26/h1-2,4-7,16,26H,3,8-15H2. The lowest BCUT2D eigenvalue weighted by Gasteiger charge is -2.36. The van der Waals surface area contributed by atoms with Crippen LogP contribution < -0.4 is 4.90 Å². The van der Waals surface area contributed by atoms with Crippen molar-refractivity contribution in [2.24, 2.45) is 0 Å². The fourth-order valence-electron chi connectivity index (χ4n) is 3.90. The summed E-state index contributed by atoms with van der Waals surface area (Å²) < 4.78 is 0. The largest absolute Gasteiger partial charge is 0.340 e. The Labute approximate surface area is 175 Å². The molecule has 0 atom stereocenters. The van der Waals surface area contributed by atoms with Crippen molar-refractivity contribution in [3.8, 4) is 0 Å². The van der Waals surface area contributed by atoms with Gasteiger partial charge in [-0.1, -0.05) is 35.5 Å². The molecule has 1 saturated heterocycles. The molecule has 2 heterocycles. The second kappa shape index (κ2) is 9.48. The molecular weight excluding hydrogens is 394 g/mol. The van der Waals surface area contributed by atoms with Gasteiger partial charge in [0.05, 0.1) is 18.0 Å². The first kappa shape index (κ1) is 20.0. The molecule has 28 heavy (non-hydrogen) atoms. The average Bonchev–Trinajstić information content (AvgIpc) is 2.73. The van der Waals surface area contributed by atoms with Crippen molar-refractivity contribution >= 4 is 34.7 Å². The van der Waals surface area contributed by atoms with Crippen LogP contribution >= 0.6 is 23.4 Å². The third-order valence-electron chi connectivity index (χ3n) is 5.41. The molecule has 7 heteroatoms. The van der Waals surface area contributed by atoms with E-state index in [0.29, 0.717) is 6.61 Å². The zero-order valence-corrected chi connectivity index (χ0v) is 17.5. The molecule has 0 unspecified atom stereocenters. The fraction of sp³-hybridized carbons (Fsp3) is 0.429. The predicted molar refractivity (Wildman–Crippen MR) is 115 cm³/mol. The van der Waals surface area contributed by atoms with E-state index < -0.39 is 0 Å². The van der Waals surface area contributed by atoms with Crippen molar-refractivity contribution in [1.29, 1.82) is 0 Å². The minimum Gasteiger partial charge on any atom is -0.340 e. The third-order valence-corrected chi connectivity index (χ3v) is 6.77. The Bertz CT molecular complexity index is 799. The number of halogens is 1. The number of para-hydroxylation sites is 1. The van der Waals surface area contributed by atoms with E-state index in [-0.39, 0.29) is 0 Å². The Hall–Kier alpha value is -1.28. The van der Waals surface area contributed by atoms with Crippen molar-refractivity contribution in [3.63, 3.8) is 0 Å². The van der Waals surface area contributed by atoms with Crippen LogP contribution in [0.15, 0.2) is 52.3 Å². The minimum absolute atomic E-state index is 0.383. The van der Waals surface area contributed by atoms with Gasteiger partial charge in [-0.05, 0) is 43.3 Å². The van der Waals surface area contributed by atoms with E-state index in [1.165, 1.54) is 21.2 Å². The fourth-order valence-corrected chi connectivity index (χ4v) is 5.14. The van der Waals surface area contributed by atoms with Crippen LogP contribution in [-0.4, -0.2) is 67.5 Å². The Morgan fingerprint density at radius 2 is 1.61 bits per heavy atom. The second-order valence-corrected chi connectivity index (χ2v) is 8.72. The topological polar surface area (TPSA) is 39.2 Å². The van der Waals surface area contributed by atoms with Crippen LogP contribution in [0, 0.1) is 0 Å². The van der Waals surface area contributed by atoms with Crippen molar-refractivity contribution in [3.05, 3.63) is 47.5 Å². The van der Waals surface area contributed by atoms with Crippen molar-refractivity contribution < 1.29 is 10.1 Å². The van der Waals surface area contributed by atoms with Gasteiger partial charge in [0.1, 0.15) is 0 Å². The van der Waals surface area contributed by atoms with E-state index in [9.17, 15) is 0 Å². The maximum absolute atomic E-state index is 8.49. The molecule has 0 radical (unpaired) electrons. The highest BCUT2D eigenvalue weighted by Crippen LogP contribution is 2.48. The molecule has 0 spiro atoms. The summed E-state index contributed by atoms with van der Waals surface area (Å²) in [6, 6.07) is 14.8. The number of benzene rings is 2. The summed E-state index contributed by atoms with van der Waals surface area (Å²) >= 11 is 8.12. The number of nitrogens with zero attached hydrogens (tertiary/aromatic N) is 3. The van der Waals surface area contributed by atoms with Crippen LogP contribution in [-0.2, 0) is 4.89 Å². The van der Waals surface area contributed by atoms with Gasteiger partial charge >= 0.3 is 0 Å². The molecule has 2 aliphatic heterocycles. The van der Waals surface area contributed by atoms with Gasteiger partial charge in [0.2, 0.25) is 0 Å². The number of anilines is 2. The predicted octanol–water partition coefficient (Wildman–Crippen LogP) is 4.44. The zero-order valence-electron chi connectivity index (χ0n) is 15.9. The lowest BCUT2D eigenvalue weighted by molar-refractivity contribution is -0.244. The van der Waals surface area contributed by atoms with Gasteiger partial charge < -0.3 is 9.80 Å². The van der Waals surface area contributed by atoms with Crippen LogP contribution in [0.25, 0.3) is 0 Å². The van der Waals surface area contributed by atoms with Crippen molar-refractivity contribution in [2.75, 3.05) is 57.3 Å². The summed E-state index contributed by atoms with van der Waals surface area (Å²) in [5, 5.41) is 9.28. The Morgan fingerprint density at radius 3 is 2.39 bits per heavy atom. The summed E-state index contributed by atoms with van der Waals surface area (Å²) in [7, 11) is 0. The summed E-state index contributed by atoms with van der Waals surface area (Å²) in [6.45, 7) is 7.45. The summed E-state index contributed by atoms with van der Waals surface area (Å²) in [5.74, 6) is 0. The molecule has 4 rings (SSSR count). The van der Waals surface area contributed by atoms with E-state index in [4.69, 9.17) is 16.9 Å². The van der Waals surface area contributed by atoms with Gasteiger partial charge in [0, 0.05) is 54.1 Å². The van der Waals surface area contributed by atoms with Gasteiger partial charge in [-0.25, -0.2) is 4.89 Å². The monoisotopic (exact) mass is 419 g/mol. The molecule has 0 aromatic heterocycles. The normalized spacial score (nSPS) is 17.4. The molecule has 1 fully saturated rings. The highest BCUT2D eigenvalue weighted by molar-refractivity contribution is 7.99. The first-order chi connectivity index (χ1) is 13.7. The van der Waals surface area contributed by atoms with Gasteiger partial charge in [-0.15, -0.1) is 0 Å². The highest BCUT2D eigenvalue weighted by Gasteiger charge is 2.23. The van der Waals surface area contributed by atoms with Crippen LogP contribution in [0.5, 0.6) is 0 Å². The zero-order chi connectivity index (χ0) is 19.3. The number of fused-ring (bicyclic) bond motifs is 2. The maximum atomic E-state index is 8.49. The molecule has 0 bridgehead atoms. The molecule has 5 nitrogen and oxygen atoms in total. The van der Waals surface area contributed by atoms with Crippen molar-refractivity contribution in [1.82, 2.24) is 9.80 Å². The first-order valence-corrected chi connectivity index (χ1v) is 11.0. The third kappa shape index (κ3) is 4.64. The van der Waals surface area contributed by atoms with Gasteiger partial charge in [0.15, 0.2) is 0 Å². The van der Waals surface area contributed by atoms with Crippen molar-refractivity contribution in [2.45, 2.75) is 16.2 Å². The molecule has 0 aliphatic carbocycles. The summed E-state index contributed by atoms with van der Waals surface area (Å²) in [6.07, 6.45) is 1.10. The van der Waals surface area contributed by atoms with Gasteiger partial charge in [0.25, 0.3) is 0 Å². The Morgan fingerprint density at radius 1 is 0.893 bits per heavy atom. The molecule has 0 saturated carbocycles. The minimum atomic E-state index is 0.383. The smallest absolute Gasteiger partial charge is 0.0946 e. The molecule has 2 aliphatic rings. The van der Waals surface area contributed by atoms with Crippen LogP contribution in [0.2, 0.25) is 5.02 Å². The van der Waals surface area contributed by atoms with E-state index in [1.54, 1.807) is 0 Å². The lowest BCUT2D eigenvalue weighted by Crippen LogP contribution is -2.47. The van der Waals surface area contributed by atoms with E-state index in [1.807, 2.05) is 17.8 Å². The molecule has 1 N–H and O–H groups in total. The highest BCUT2D eigenvalue weighted by atomic mass is 35.5. The van der Waals surface area contributed by atoms with E-state index in [0.717, 1.165) is 57.3 Å². The Balaban J connectivity index is 1.37. The molecular formula is C21H26ClN3O2S. The molecule has 2 aromatic carbocycles. The number of rotatable bonds is 7. The molecule has 2 aromatic rings. The first-order valence-electron chi connectivity index (χ1n) is 9.79. The number of piperazine rings is 1. The van der Waals surface area contributed by atoms with E-state index >= 15 is 0 Å². The summed E-state index contributed by atoms with van der Waals surface area (Å²) in [5.41, 5.74) is 2.49.